The Labute approximate surface area is 183 Å². The summed E-state index contributed by atoms with van der Waals surface area (Å²) in [5, 5.41) is 13.1. The van der Waals surface area contributed by atoms with Crippen molar-refractivity contribution in [3.8, 4) is 5.88 Å². The molecule has 3 N–H and O–H groups in total. The first-order chi connectivity index (χ1) is 14.7. The normalized spacial score (nSPS) is 19.4. The average molecular weight is 447 g/mol. The van der Waals surface area contributed by atoms with Crippen molar-refractivity contribution < 1.29 is 13.7 Å². The third kappa shape index (κ3) is 4.06. The molecular weight excluding hydrogens is 416 g/mol. The van der Waals surface area contributed by atoms with Gasteiger partial charge in [0.1, 0.15) is 4.90 Å². The molecule has 4 rings (SSSR count). The van der Waals surface area contributed by atoms with Crippen LogP contribution in [-0.4, -0.2) is 31.6 Å². The zero-order chi connectivity index (χ0) is 22.3. The third-order valence-corrected chi connectivity index (χ3v) is 7.39. The van der Waals surface area contributed by atoms with E-state index in [9.17, 15) is 9.00 Å². The largest absolute Gasteiger partial charge is 0.477 e. The van der Waals surface area contributed by atoms with Gasteiger partial charge in [0.25, 0.3) is 0 Å². The molecule has 168 valence electrons. The summed E-state index contributed by atoms with van der Waals surface area (Å²) in [5.41, 5.74) is 4.64. The van der Waals surface area contributed by atoms with Crippen LogP contribution in [0, 0.1) is 12.8 Å². The van der Waals surface area contributed by atoms with Crippen LogP contribution in [0.4, 0.5) is 10.5 Å². The monoisotopic (exact) mass is 446 g/mol. The molecule has 2 aromatic rings. The lowest BCUT2D eigenvalue weighted by molar-refractivity contribution is 0.157. The second-order valence-corrected chi connectivity index (χ2v) is 10.4. The molecule has 0 saturated carbocycles. The van der Waals surface area contributed by atoms with Crippen molar-refractivity contribution in [2.75, 3.05) is 11.9 Å². The Morgan fingerprint density at radius 1 is 1.45 bits per heavy atom. The smallest absolute Gasteiger partial charge is 0.354 e. The van der Waals surface area contributed by atoms with Gasteiger partial charge in [-0.15, -0.1) is 4.36 Å². The van der Waals surface area contributed by atoms with Crippen molar-refractivity contribution in [3.05, 3.63) is 28.7 Å². The molecule has 0 spiro atoms. The molecule has 2 aliphatic rings. The number of anilines is 1. The van der Waals surface area contributed by atoms with Gasteiger partial charge in [-0.05, 0) is 49.7 Å². The molecule has 0 saturated heterocycles. The minimum Gasteiger partial charge on any atom is -0.477 e. The van der Waals surface area contributed by atoms with Crippen molar-refractivity contribution in [2.24, 2.45) is 15.4 Å². The number of nitrogens with one attached hydrogen (secondary N) is 1. The van der Waals surface area contributed by atoms with Crippen molar-refractivity contribution in [1.82, 2.24) is 14.8 Å². The fourth-order valence-electron chi connectivity index (χ4n) is 4.31. The molecule has 2 aromatic heterocycles. The topological polar surface area (TPSA) is 124 Å². The summed E-state index contributed by atoms with van der Waals surface area (Å²) < 4.78 is 24.4. The molecule has 0 aromatic carbocycles. The standard InChI is InChI=1S/C21H30N6O3S/c1-5-14-10-27-20(30-11-14)17(9-23-27)31(22,29)26-21(28)25-19-13(4)18(12(2)3)24-16-8-6-7-15(16)19/h9,12,14H,5-8,10-11H2,1-4H3,(H3,22,24,25,26,28,29). The van der Waals surface area contributed by atoms with Gasteiger partial charge in [-0.2, -0.15) is 5.10 Å². The Balaban J connectivity index is 1.65. The van der Waals surface area contributed by atoms with E-state index in [1.165, 1.54) is 6.20 Å². The van der Waals surface area contributed by atoms with Crippen LogP contribution in [0.25, 0.3) is 0 Å². The maximum absolute atomic E-state index is 13.2. The highest BCUT2D eigenvalue weighted by atomic mass is 32.2. The SMILES string of the molecule is CCC1COc2c(S(N)(=O)=NC(=O)Nc3c(C)c(C(C)C)nc4c3CCC4)cnn2C1. The van der Waals surface area contributed by atoms with Crippen LogP contribution in [0.2, 0.25) is 0 Å². The highest BCUT2D eigenvalue weighted by Gasteiger charge is 2.28. The molecular formula is C21H30N6O3S. The minimum absolute atomic E-state index is 0.150. The number of hydrogen-bond donors (Lipinski definition) is 2. The van der Waals surface area contributed by atoms with Gasteiger partial charge < -0.3 is 10.1 Å². The molecule has 9 nitrogen and oxygen atoms in total. The third-order valence-electron chi connectivity index (χ3n) is 6.04. The molecule has 0 bridgehead atoms. The van der Waals surface area contributed by atoms with Gasteiger partial charge in [0.05, 0.1) is 25.0 Å². The number of ether oxygens (including phenoxy) is 1. The number of hydrogen-bond acceptors (Lipinski definition) is 5. The number of pyridine rings is 1. The zero-order valence-electron chi connectivity index (χ0n) is 18.5. The van der Waals surface area contributed by atoms with Crippen LogP contribution in [0.3, 0.4) is 0 Å². The van der Waals surface area contributed by atoms with Crippen molar-refractivity contribution >= 4 is 21.6 Å². The predicted octanol–water partition coefficient (Wildman–Crippen LogP) is 3.55. The van der Waals surface area contributed by atoms with Gasteiger partial charge in [-0.3, -0.25) is 4.98 Å². The highest BCUT2D eigenvalue weighted by Crippen LogP contribution is 2.35. The average Bonchev–Trinajstić information content (AvgIpc) is 3.35. The van der Waals surface area contributed by atoms with E-state index in [-0.39, 0.29) is 10.8 Å². The molecule has 1 aliphatic carbocycles. The van der Waals surface area contributed by atoms with Crippen molar-refractivity contribution in [1.29, 1.82) is 0 Å². The lowest BCUT2D eigenvalue weighted by Crippen LogP contribution is -2.26. The van der Waals surface area contributed by atoms with Crippen LogP contribution < -0.4 is 15.2 Å². The first-order valence-corrected chi connectivity index (χ1v) is 12.4. The molecule has 31 heavy (non-hydrogen) atoms. The van der Waals surface area contributed by atoms with E-state index in [0.29, 0.717) is 30.6 Å². The van der Waals surface area contributed by atoms with Gasteiger partial charge in [0.2, 0.25) is 5.88 Å². The molecule has 3 heterocycles. The van der Waals surface area contributed by atoms with E-state index in [2.05, 4.69) is 35.5 Å². The number of carbonyl (C=O) groups is 1. The molecule has 2 amide bonds. The second kappa shape index (κ2) is 8.23. The Morgan fingerprint density at radius 3 is 2.94 bits per heavy atom. The van der Waals surface area contributed by atoms with Gasteiger partial charge in [-0.1, -0.05) is 20.8 Å². The van der Waals surface area contributed by atoms with E-state index in [1.807, 2.05) is 6.92 Å². The summed E-state index contributed by atoms with van der Waals surface area (Å²) in [6.07, 6.45) is 5.07. The summed E-state index contributed by atoms with van der Waals surface area (Å²) in [6.45, 7) is 9.34. The van der Waals surface area contributed by atoms with Crippen LogP contribution in [0.1, 0.15) is 62.0 Å². The second-order valence-electron chi connectivity index (χ2n) is 8.60. The molecule has 0 radical (unpaired) electrons. The number of nitrogens with zero attached hydrogens (tertiary/aromatic N) is 4. The molecule has 1 aliphatic heterocycles. The van der Waals surface area contributed by atoms with Gasteiger partial charge in [0.15, 0.2) is 9.92 Å². The zero-order valence-corrected chi connectivity index (χ0v) is 19.3. The van der Waals surface area contributed by atoms with E-state index >= 15 is 0 Å². The summed E-state index contributed by atoms with van der Waals surface area (Å²) >= 11 is 0. The Bertz CT molecular complexity index is 1150. The van der Waals surface area contributed by atoms with Crippen molar-refractivity contribution in [3.63, 3.8) is 0 Å². The summed E-state index contributed by atoms with van der Waals surface area (Å²) in [5.74, 6) is 0.887. The first kappa shape index (κ1) is 21.8. The number of nitrogens with two attached hydrogens (primary N) is 1. The van der Waals surface area contributed by atoms with Crippen LogP contribution in [0.5, 0.6) is 5.88 Å². The molecule has 0 fully saturated rings. The predicted molar refractivity (Wildman–Crippen MR) is 119 cm³/mol. The summed E-state index contributed by atoms with van der Waals surface area (Å²) in [7, 11) is -3.52. The molecule has 2 unspecified atom stereocenters. The number of amides is 2. The van der Waals surface area contributed by atoms with Crippen LogP contribution in [-0.2, 0) is 29.3 Å². The number of urea groups is 1. The Kier molecular flexibility index (Phi) is 5.78. The van der Waals surface area contributed by atoms with Gasteiger partial charge >= 0.3 is 6.03 Å². The lowest BCUT2D eigenvalue weighted by Gasteiger charge is -2.23. The summed E-state index contributed by atoms with van der Waals surface area (Å²) in [6, 6.07) is -0.743. The fourth-order valence-corrected chi connectivity index (χ4v) is 5.31. The maximum atomic E-state index is 13.2. The summed E-state index contributed by atoms with van der Waals surface area (Å²) in [4.78, 5) is 17.8. The lowest BCUT2D eigenvalue weighted by atomic mass is 9.99. The number of aryl methyl sites for hydroxylation is 1. The van der Waals surface area contributed by atoms with Crippen molar-refractivity contribution in [2.45, 2.75) is 70.7 Å². The maximum Gasteiger partial charge on any atom is 0.354 e. The number of aromatic nitrogens is 3. The van der Waals surface area contributed by atoms with E-state index in [0.717, 1.165) is 48.2 Å². The Hall–Kier alpha value is -2.46. The van der Waals surface area contributed by atoms with Gasteiger partial charge in [0, 0.05) is 17.3 Å². The van der Waals surface area contributed by atoms with E-state index in [1.54, 1.807) is 4.68 Å². The molecule has 2 atom stereocenters. The first-order valence-electron chi connectivity index (χ1n) is 10.8. The van der Waals surface area contributed by atoms with Crippen LogP contribution >= 0.6 is 0 Å². The fraction of sp³-hybridized carbons (Fsp3) is 0.571. The number of carbonyl (C=O) groups excluding carboxylic acids is 1. The molecule has 10 heteroatoms. The highest BCUT2D eigenvalue weighted by molar-refractivity contribution is 7.91. The number of rotatable bonds is 4. The van der Waals surface area contributed by atoms with Gasteiger partial charge in [-0.25, -0.2) is 18.8 Å². The van der Waals surface area contributed by atoms with E-state index in [4.69, 9.17) is 14.9 Å². The number of fused-ring (bicyclic) bond motifs is 2. The Morgan fingerprint density at radius 2 is 2.23 bits per heavy atom. The van der Waals surface area contributed by atoms with Crippen LogP contribution in [0.15, 0.2) is 15.5 Å². The minimum atomic E-state index is -3.52. The van der Waals surface area contributed by atoms with E-state index < -0.39 is 15.9 Å². The quantitative estimate of drug-likeness (QED) is 0.743.